The number of carbonyl (C=O) groups is 1. The lowest BCUT2D eigenvalue weighted by Crippen LogP contribution is -2.32. The lowest BCUT2D eigenvalue weighted by molar-refractivity contribution is -0.134. The second-order valence-electron chi connectivity index (χ2n) is 3.02. The van der Waals surface area contributed by atoms with Crippen LogP contribution in [0.4, 0.5) is 0 Å². The molecule has 6 heteroatoms. The maximum absolute atomic E-state index is 10.8. The summed E-state index contributed by atoms with van der Waals surface area (Å²) >= 11 is 0. The van der Waals surface area contributed by atoms with Crippen LogP contribution in [0, 0.1) is 0 Å². The van der Waals surface area contributed by atoms with Crippen molar-refractivity contribution in [2.24, 2.45) is 0 Å². The Morgan fingerprint density at radius 2 is 2.12 bits per heavy atom. The molecule has 0 aliphatic carbocycles. The van der Waals surface area contributed by atoms with Crippen LogP contribution in [-0.2, 0) is 19.0 Å². The smallest absolute Gasteiger partial charge is 0.330 e. The Bertz CT molecular complexity index is 215. The molecule has 6 nitrogen and oxygen atoms in total. The molecule has 0 unspecified atom stereocenters. The predicted molar refractivity (Wildman–Crippen MR) is 55.6 cm³/mol. The third-order valence-corrected chi connectivity index (χ3v) is 1.84. The molecule has 16 heavy (non-hydrogen) atoms. The first-order chi connectivity index (χ1) is 7.65. The van der Waals surface area contributed by atoms with Crippen molar-refractivity contribution < 1.29 is 29.2 Å². The highest BCUT2D eigenvalue weighted by molar-refractivity contribution is 5.81. The van der Waals surface area contributed by atoms with Crippen LogP contribution >= 0.6 is 0 Å². The fourth-order valence-electron chi connectivity index (χ4n) is 0.976. The molecule has 0 aromatic heterocycles. The van der Waals surface area contributed by atoms with Crippen molar-refractivity contribution in [1.82, 2.24) is 0 Å². The topological polar surface area (TPSA) is 85.2 Å². The molecule has 94 valence electrons. The van der Waals surface area contributed by atoms with Crippen LogP contribution in [0.25, 0.3) is 0 Å². The largest absolute Gasteiger partial charge is 0.466 e. The molecule has 0 amide bonds. The van der Waals surface area contributed by atoms with Gasteiger partial charge in [0.15, 0.2) is 0 Å². The number of aliphatic hydroxyl groups excluding tert-OH is 2. The van der Waals surface area contributed by atoms with Gasteiger partial charge in [0, 0.05) is 13.2 Å². The third-order valence-electron chi connectivity index (χ3n) is 1.84. The van der Waals surface area contributed by atoms with Gasteiger partial charge in [-0.2, -0.15) is 0 Å². The van der Waals surface area contributed by atoms with E-state index in [0.717, 1.165) is 0 Å². The number of hydrogen-bond acceptors (Lipinski definition) is 6. The Hall–Kier alpha value is -0.950. The molecule has 0 fully saturated rings. The number of rotatable bonds is 8. The number of carbonyl (C=O) groups excluding carboxylic acids is 1. The van der Waals surface area contributed by atoms with E-state index in [4.69, 9.17) is 9.84 Å². The molecule has 0 aliphatic heterocycles. The molecular formula is C10H18O6. The molecule has 0 spiro atoms. The molecule has 0 heterocycles. The highest BCUT2D eigenvalue weighted by atomic mass is 16.7. The van der Waals surface area contributed by atoms with E-state index in [1.54, 1.807) is 0 Å². The molecule has 2 N–H and O–H groups in total. The number of ether oxygens (including phenoxy) is 3. The molecule has 0 aromatic carbocycles. The maximum Gasteiger partial charge on any atom is 0.330 e. The normalized spacial score (nSPS) is 15.0. The molecular weight excluding hydrogens is 216 g/mol. The van der Waals surface area contributed by atoms with Crippen LogP contribution in [0.3, 0.4) is 0 Å². The van der Waals surface area contributed by atoms with Gasteiger partial charge in [0.1, 0.15) is 12.9 Å². The average molecular weight is 234 g/mol. The van der Waals surface area contributed by atoms with Crippen molar-refractivity contribution in [3.63, 3.8) is 0 Å². The van der Waals surface area contributed by atoms with Gasteiger partial charge in [-0.3, -0.25) is 0 Å². The Kier molecular flexibility index (Phi) is 8.74. The van der Waals surface area contributed by atoms with Gasteiger partial charge >= 0.3 is 5.97 Å². The Balaban J connectivity index is 4.09. The monoisotopic (exact) mass is 234 g/mol. The van der Waals surface area contributed by atoms with Crippen LogP contribution in [0.2, 0.25) is 0 Å². The number of aliphatic hydroxyl groups is 2. The molecule has 0 aliphatic rings. The van der Waals surface area contributed by atoms with Gasteiger partial charge in [0.25, 0.3) is 0 Å². The van der Waals surface area contributed by atoms with E-state index >= 15 is 0 Å². The van der Waals surface area contributed by atoms with Crippen molar-refractivity contribution in [3.8, 4) is 0 Å². The highest BCUT2D eigenvalue weighted by Crippen LogP contribution is 2.06. The lowest BCUT2D eigenvalue weighted by Gasteiger charge is -2.19. The molecule has 0 bridgehead atoms. The Morgan fingerprint density at radius 3 is 2.62 bits per heavy atom. The van der Waals surface area contributed by atoms with Crippen molar-refractivity contribution in [2.75, 3.05) is 27.6 Å². The summed E-state index contributed by atoms with van der Waals surface area (Å²) in [6.07, 6.45) is 1.38. The lowest BCUT2D eigenvalue weighted by atomic mass is 10.1. The van der Waals surface area contributed by atoms with Crippen LogP contribution < -0.4 is 0 Å². The predicted octanol–water partition coefficient (Wildman–Crippen LogP) is -0.552. The van der Waals surface area contributed by atoms with E-state index in [9.17, 15) is 9.90 Å². The third kappa shape index (κ3) is 6.52. The summed E-state index contributed by atoms with van der Waals surface area (Å²) in [7, 11) is 2.72. The Labute approximate surface area is 94.4 Å². The summed E-state index contributed by atoms with van der Waals surface area (Å²) in [6, 6.07) is 0. The van der Waals surface area contributed by atoms with Crippen LogP contribution in [0.1, 0.15) is 6.42 Å². The van der Waals surface area contributed by atoms with Gasteiger partial charge < -0.3 is 24.4 Å². The zero-order valence-corrected chi connectivity index (χ0v) is 9.46. The van der Waals surface area contributed by atoms with Crippen molar-refractivity contribution in [3.05, 3.63) is 12.2 Å². The van der Waals surface area contributed by atoms with Gasteiger partial charge in [-0.05, 0) is 6.42 Å². The fourth-order valence-corrected chi connectivity index (χ4v) is 0.976. The molecule has 0 aromatic rings. The van der Waals surface area contributed by atoms with Gasteiger partial charge in [-0.15, -0.1) is 0 Å². The fraction of sp³-hybridized carbons (Fsp3) is 0.700. The van der Waals surface area contributed by atoms with Crippen LogP contribution in [0.5, 0.6) is 0 Å². The number of hydrogen-bond donors (Lipinski definition) is 2. The van der Waals surface area contributed by atoms with E-state index in [1.165, 1.54) is 26.4 Å². The summed E-state index contributed by atoms with van der Waals surface area (Å²) < 4.78 is 14.2. The van der Waals surface area contributed by atoms with E-state index in [0.29, 0.717) is 0 Å². The Morgan fingerprint density at radius 1 is 1.44 bits per heavy atom. The van der Waals surface area contributed by atoms with Crippen molar-refractivity contribution in [2.45, 2.75) is 18.6 Å². The highest BCUT2D eigenvalue weighted by Gasteiger charge is 2.17. The van der Waals surface area contributed by atoms with Gasteiger partial charge in [0.2, 0.25) is 0 Å². The molecule has 0 radical (unpaired) electrons. The summed E-state index contributed by atoms with van der Waals surface area (Å²) in [5, 5.41) is 18.2. The quantitative estimate of drug-likeness (QED) is 0.333. The zero-order chi connectivity index (χ0) is 12.4. The number of esters is 1. The molecule has 0 saturated carbocycles. The van der Waals surface area contributed by atoms with E-state index in [-0.39, 0.29) is 13.2 Å². The van der Waals surface area contributed by atoms with E-state index < -0.39 is 24.8 Å². The van der Waals surface area contributed by atoms with Gasteiger partial charge in [-0.25, -0.2) is 4.79 Å². The molecule has 0 rings (SSSR count). The van der Waals surface area contributed by atoms with Gasteiger partial charge in [-0.1, -0.05) is 6.08 Å². The maximum atomic E-state index is 10.8. The summed E-state index contributed by atoms with van der Waals surface area (Å²) in [4.78, 5) is 10.8. The number of methoxy groups -OCH3 is 2. The first kappa shape index (κ1) is 15.0. The van der Waals surface area contributed by atoms with E-state index in [2.05, 4.69) is 9.47 Å². The standard InChI is InChI=1S/C10H18O6/c1-14-7-16-9(8(12)6-11)4-3-5-10(13)15-2/h3,5,8-9,11-12H,4,6-7H2,1-2H3/b5-3+/t8-,9+/m1/s1. The van der Waals surface area contributed by atoms with E-state index in [1.807, 2.05) is 0 Å². The second kappa shape index (κ2) is 9.29. The van der Waals surface area contributed by atoms with Crippen LogP contribution in [0.15, 0.2) is 12.2 Å². The summed E-state index contributed by atoms with van der Waals surface area (Å²) in [6.45, 7) is -0.408. The van der Waals surface area contributed by atoms with Crippen molar-refractivity contribution in [1.29, 1.82) is 0 Å². The summed E-state index contributed by atoms with van der Waals surface area (Å²) in [5.41, 5.74) is 0. The minimum absolute atomic E-state index is 0.00773. The minimum atomic E-state index is -1.02. The minimum Gasteiger partial charge on any atom is -0.466 e. The van der Waals surface area contributed by atoms with Crippen LogP contribution in [-0.4, -0.2) is 56.0 Å². The first-order valence-corrected chi connectivity index (χ1v) is 4.79. The van der Waals surface area contributed by atoms with Crippen molar-refractivity contribution >= 4 is 5.97 Å². The molecule has 2 atom stereocenters. The molecule has 0 saturated heterocycles. The van der Waals surface area contributed by atoms with Gasteiger partial charge in [0.05, 0.1) is 19.8 Å². The second-order valence-corrected chi connectivity index (χ2v) is 3.02. The summed E-state index contributed by atoms with van der Waals surface area (Å²) in [5.74, 6) is -0.482. The average Bonchev–Trinajstić information content (AvgIpc) is 2.32. The zero-order valence-electron chi connectivity index (χ0n) is 9.46. The SMILES string of the molecule is COCO[C@@H](C/C=C/C(=O)OC)[C@H](O)CO. The first-order valence-electron chi connectivity index (χ1n) is 4.79.